The second-order valence-corrected chi connectivity index (χ2v) is 6.18. The van der Waals surface area contributed by atoms with Gasteiger partial charge in [-0.1, -0.05) is 0 Å². The normalized spacial score (nSPS) is 15.4. The van der Waals surface area contributed by atoms with E-state index < -0.39 is 4.92 Å². The van der Waals surface area contributed by atoms with Crippen molar-refractivity contribution in [2.75, 3.05) is 11.9 Å². The Balaban J connectivity index is 1.82. The van der Waals surface area contributed by atoms with Gasteiger partial charge in [0, 0.05) is 34.9 Å². The first-order valence-electron chi connectivity index (χ1n) is 6.66. The largest absolute Gasteiger partial charge is 0.363 e. The summed E-state index contributed by atoms with van der Waals surface area (Å²) in [5.74, 6) is -0.158. The van der Waals surface area contributed by atoms with E-state index in [2.05, 4.69) is 31.2 Å². The Kier molecular flexibility index (Phi) is 3.78. The zero-order valence-corrected chi connectivity index (χ0v) is 13.0. The van der Waals surface area contributed by atoms with Crippen LogP contribution in [0.1, 0.15) is 18.4 Å². The molecule has 1 aliphatic carbocycles. The van der Waals surface area contributed by atoms with Gasteiger partial charge in [-0.15, -0.1) is 0 Å². The molecule has 22 heavy (non-hydrogen) atoms. The summed E-state index contributed by atoms with van der Waals surface area (Å²) in [5, 5.41) is 14.1. The summed E-state index contributed by atoms with van der Waals surface area (Å²) in [5.41, 5.74) is 0.144. The Morgan fingerprint density at radius 3 is 2.86 bits per heavy atom. The molecule has 0 spiro atoms. The number of hydrogen-bond donors (Lipinski definition) is 1. The van der Waals surface area contributed by atoms with Gasteiger partial charge in [0.1, 0.15) is 5.82 Å². The highest BCUT2D eigenvalue weighted by Gasteiger charge is 2.46. The number of nitro groups is 1. The molecular formula is C14H12BrFN4O2. The van der Waals surface area contributed by atoms with Crippen LogP contribution in [0.3, 0.4) is 0 Å². The van der Waals surface area contributed by atoms with Crippen molar-refractivity contribution in [2.24, 2.45) is 0 Å². The van der Waals surface area contributed by atoms with Crippen LogP contribution in [0.2, 0.25) is 0 Å². The molecule has 0 atom stereocenters. The lowest BCUT2D eigenvalue weighted by atomic mass is 9.96. The van der Waals surface area contributed by atoms with Gasteiger partial charge in [-0.05, 0) is 40.4 Å². The number of rotatable bonds is 5. The first-order valence-corrected chi connectivity index (χ1v) is 7.45. The number of hydrogen-bond acceptors (Lipinski definition) is 5. The molecule has 0 aromatic carbocycles. The Hall–Kier alpha value is -2.09. The van der Waals surface area contributed by atoms with Crippen LogP contribution < -0.4 is 5.32 Å². The van der Waals surface area contributed by atoms with Crippen molar-refractivity contribution in [1.82, 2.24) is 9.97 Å². The molecule has 0 saturated heterocycles. The lowest BCUT2D eigenvalue weighted by Gasteiger charge is -2.17. The number of nitrogens with one attached hydrogen (secondary N) is 1. The second kappa shape index (κ2) is 5.60. The summed E-state index contributed by atoms with van der Waals surface area (Å²) in [4.78, 5) is 18.4. The van der Waals surface area contributed by atoms with Crippen molar-refractivity contribution in [1.29, 1.82) is 0 Å². The van der Waals surface area contributed by atoms with Crippen molar-refractivity contribution in [3.8, 4) is 0 Å². The smallest absolute Gasteiger partial charge is 0.312 e. The molecule has 3 rings (SSSR count). The van der Waals surface area contributed by atoms with Gasteiger partial charge in [0.15, 0.2) is 0 Å². The van der Waals surface area contributed by atoms with Gasteiger partial charge in [0.25, 0.3) is 0 Å². The number of nitrogens with zero attached hydrogens (tertiary/aromatic N) is 3. The van der Waals surface area contributed by atoms with E-state index in [1.54, 1.807) is 12.3 Å². The molecule has 1 aliphatic rings. The van der Waals surface area contributed by atoms with Crippen LogP contribution in [0.4, 0.5) is 15.9 Å². The maximum absolute atomic E-state index is 13.9. The quantitative estimate of drug-likeness (QED) is 0.647. The van der Waals surface area contributed by atoms with Crippen molar-refractivity contribution in [2.45, 2.75) is 18.3 Å². The van der Waals surface area contributed by atoms with Crippen LogP contribution in [0.15, 0.2) is 35.2 Å². The first-order chi connectivity index (χ1) is 10.5. The average Bonchev–Trinajstić information content (AvgIpc) is 3.27. The Bertz CT molecular complexity index is 737. The Labute approximate surface area is 134 Å². The molecule has 2 aromatic rings. The summed E-state index contributed by atoms with van der Waals surface area (Å²) in [7, 11) is 0. The second-order valence-electron chi connectivity index (χ2n) is 5.27. The summed E-state index contributed by atoms with van der Waals surface area (Å²) in [6.45, 7) is 0.392. The maximum atomic E-state index is 13.9. The van der Waals surface area contributed by atoms with Crippen LogP contribution in [-0.4, -0.2) is 21.4 Å². The molecule has 8 heteroatoms. The van der Waals surface area contributed by atoms with Crippen LogP contribution in [0, 0.1) is 15.9 Å². The molecule has 0 amide bonds. The third-order valence-corrected chi connectivity index (χ3v) is 4.26. The summed E-state index contributed by atoms with van der Waals surface area (Å²) >= 11 is 3.16. The molecule has 114 valence electrons. The van der Waals surface area contributed by atoms with Crippen molar-refractivity contribution in [3.05, 3.63) is 56.7 Å². The van der Waals surface area contributed by atoms with Crippen molar-refractivity contribution < 1.29 is 9.31 Å². The highest BCUT2D eigenvalue weighted by Crippen LogP contribution is 2.49. The van der Waals surface area contributed by atoms with Gasteiger partial charge in [-0.25, -0.2) is 9.37 Å². The summed E-state index contributed by atoms with van der Waals surface area (Å²) in [6.07, 6.45) is 5.88. The predicted octanol–water partition coefficient (Wildman–Crippen LogP) is 3.43. The topological polar surface area (TPSA) is 81.0 Å². The van der Waals surface area contributed by atoms with Gasteiger partial charge in [-0.2, -0.15) is 0 Å². The average molecular weight is 367 g/mol. The van der Waals surface area contributed by atoms with Gasteiger partial charge >= 0.3 is 5.69 Å². The van der Waals surface area contributed by atoms with E-state index >= 15 is 0 Å². The molecule has 1 saturated carbocycles. The predicted molar refractivity (Wildman–Crippen MR) is 82.2 cm³/mol. The minimum absolute atomic E-state index is 0.111. The molecule has 6 nitrogen and oxygen atoms in total. The molecule has 1 N–H and O–H groups in total. The third kappa shape index (κ3) is 2.78. The summed E-state index contributed by atoms with van der Waals surface area (Å²) < 4.78 is 14.4. The van der Waals surface area contributed by atoms with E-state index in [0.717, 1.165) is 12.8 Å². The van der Waals surface area contributed by atoms with E-state index in [0.29, 0.717) is 16.6 Å². The Morgan fingerprint density at radius 2 is 2.23 bits per heavy atom. The fourth-order valence-electron chi connectivity index (χ4n) is 2.45. The zero-order chi connectivity index (χ0) is 15.7. The van der Waals surface area contributed by atoms with Gasteiger partial charge < -0.3 is 5.32 Å². The first kappa shape index (κ1) is 14.8. The Morgan fingerprint density at radius 1 is 1.45 bits per heavy atom. The summed E-state index contributed by atoms with van der Waals surface area (Å²) in [6, 6.07) is 3.05. The standard InChI is InChI=1S/C14H12BrFN4O2/c15-9-5-12(20(21)22)13(18-6-9)19-8-14(2-3-14)10-1-4-17-7-11(10)16/h1,4-7H,2-3,8H2,(H,18,19). The molecule has 0 radical (unpaired) electrons. The van der Waals surface area contributed by atoms with Crippen molar-refractivity contribution in [3.63, 3.8) is 0 Å². The van der Waals surface area contributed by atoms with E-state index in [9.17, 15) is 14.5 Å². The molecule has 1 fully saturated rings. The molecule has 0 unspecified atom stereocenters. The number of aromatic nitrogens is 2. The van der Waals surface area contributed by atoms with Gasteiger partial charge in [0.05, 0.1) is 11.1 Å². The lowest BCUT2D eigenvalue weighted by Crippen LogP contribution is -2.22. The highest BCUT2D eigenvalue weighted by atomic mass is 79.9. The molecule has 2 heterocycles. The molecule has 0 bridgehead atoms. The van der Waals surface area contributed by atoms with Crippen LogP contribution in [0.5, 0.6) is 0 Å². The number of anilines is 1. The molecular weight excluding hydrogens is 355 g/mol. The zero-order valence-electron chi connectivity index (χ0n) is 11.4. The van der Waals surface area contributed by atoms with Crippen LogP contribution >= 0.6 is 15.9 Å². The van der Waals surface area contributed by atoms with Crippen LogP contribution in [-0.2, 0) is 5.41 Å². The van der Waals surface area contributed by atoms with E-state index in [-0.39, 0.29) is 22.7 Å². The number of pyridine rings is 2. The van der Waals surface area contributed by atoms with E-state index in [1.807, 2.05) is 0 Å². The third-order valence-electron chi connectivity index (χ3n) is 3.82. The number of halogens is 2. The minimum Gasteiger partial charge on any atom is -0.363 e. The fraction of sp³-hybridized carbons (Fsp3) is 0.286. The highest BCUT2D eigenvalue weighted by molar-refractivity contribution is 9.10. The molecule has 2 aromatic heterocycles. The van der Waals surface area contributed by atoms with E-state index in [4.69, 9.17) is 0 Å². The van der Waals surface area contributed by atoms with Gasteiger partial charge in [0.2, 0.25) is 5.82 Å². The monoisotopic (exact) mass is 366 g/mol. The minimum atomic E-state index is -0.493. The van der Waals surface area contributed by atoms with Gasteiger partial charge in [-0.3, -0.25) is 15.1 Å². The van der Waals surface area contributed by atoms with Crippen LogP contribution in [0.25, 0.3) is 0 Å². The SMILES string of the molecule is O=[N+]([O-])c1cc(Br)cnc1NCC1(c2ccncc2F)CC1. The molecule has 0 aliphatic heterocycles. The van der Waals surface area contributed by atoms with E-state index in [1.165, 1.54) is 18.5 Å². The fourth-order valence-corrected chi connectivity index (χ4v) is 2.77. The maximum Gasteiger partial charge on any atom is 0.312 e. The lowest BCUT2D eigenvalue weighted by molar-refractivity contribution is -0.384. The van der Waals surface area contributed by atoms with Crippen molar-refractivity contribution >= 4 is 27.4 Å².